The van der Waals surface area contributed by atoms with Crippen molar-refractivity contribution in [1.29, 1.82) is 0 Å². The van der Waals surface area contributed by atoms with Crippen LogP contribution in [0, 0.1) is 0 Å². The molecular formula is C45H29NO. The van der Waals surface area contributed by atoms with Crippen molar-refractivity contribution < 1.29 is 0 Å². The molecule has 1 aromatic heterocycles. The SMILES string of the molecule is C=Cc1c(C=C)c(-n2c(=O)c3ccccc3c3ccccc32)c2ccccc2c1-c1cccc2c1ccc1cc3ccccc3cc12. The van der Waals surface area contributed by atoms with Gasteiger partial charge in [0.2, 0.25) is 0 Å². The van der Waals surface area contributed by atoms with E-state index in [0.29, 0.717) is 5.39 Å². The maximum atomic E-state index is 14.5. The number of hydrogen-bond donors (Lipinski definition) is 0. The van der Waals surface area contributed by atoms with Crippen molar-refractivity contribution in [2.45, 2.75) is 0 Å². The predicted molar refractivity (Wildman–Crippen MR) is 203 cm³/mol. The molecule has 0 saturated carbocycles. The Kier molecular flexibility index (Phi) is 6.00. The van der Waals surface area contributed by atoms with E-state index in [4.69, 9.17) is 0 Å². The molecule has 0 fully saturated rings. The highest BCUT2D eigenvalue weighted by molar-refractivity contribution is 6.19. The molecule has 0 aliphatic carbocycles. The summed E-state index contributed by atoms with van der Waals surface area (Å²) in [6, 6.07) is 48.6. The molecule has 0 N–H and O–H groups in total. The monoisotopic (exact) mass is 599 g/mol. The van der Waals surface area contributed by atoms with Gasteiger partial charge in [-0.3, -0.25) is 9.36 Å². The summed E-state index contributed by atoms with van der Waals surface area (Å²) >= 11 is 0. The van der Waals surface area contributed by atoms with Crippen LogP contribution in [0.3, 0.4) is 0 Å². The molecule has 47 heavy (non-hydrogen) atoms. The predicted octanol–water partition coefficient (Wildman–Crippen LogP) is 11.7. The Morgan fingerprint density at radius 2 is 1.04 bits per heavy atom. The maximum absolute atomic E-state index is 14.5. The fourth-order valence-corrected chi connectivity index (χ4v) is 7.66. The molecule has 2 heteroatoms. The first-order valence-corrected chi connectivity index (χ1v) is 15.9. The van der Waals surface area contributed by atoms with Crippen molar-refractivity contribution >= 4 is 76.9 Å². The normalized spacial score (nSPS) is 11.7. The van der Waals surface area contributed by atoms with Gasteiger partial charge in [0.05, 0.1) is 11.2 Å². The van der Waals surface area contributed by atoms with E-state index < -0.39 is 0 Å². The fourth-order valence-electron chi connectivity index (χ4n) is 7.66. The molecule has 0 unspecified atom stereocenters. The van der Waals surface area contributed by atoms with Crippen LogP contribution in [0.2, 0.25) is 0 Å². The summed E-state index contributed by atoms with van der Waals surface area (Å²) in [5, 5.41) is 12.0. The first kappa shape index (κ1) is 27.1. The quantitative estimate of drug-likeness (QED) is 0.146. The summed E-state index contributed by atoms with van der Waals surface area (Å²) in [6.45, 7) is 8.64. The summed E-state index contributed by atoms with van der Waals surface area (Å²) < 4.78 is 1.88. The molecule has 0 saturated heterocycles. The van der Waals surface area contributed by atoms with Gasteiger partial charge in [0, 0.05) is 21.7 Å². The summed E-state index contributed by atoms with van der Waals surface area (Å²) in [5.41, 5.74) is 5.64. The number of pyridine rings is 1. The topological polar surface area (TPSA) is 22.0 Å². The Morgan fingerprint density at radius 3 is 1.81 bits per heavy atom. The van der Waals surface area contributed by atoms with Crippen LogP contribution in [0.5, 0.6) is 0 Å². The molecule has 0 spiro atoms. The number of para-hydroxylation sites is 1. The van der Waals surface area contributed by atoms with E-state index in [1.54, 1.807) is 0 Å². The van der Waals surface area contributed by atoms with Crippen molar-refractivity contribution in [3.05, 3.63) is 174 Å². The van der Waals surface area contributed by atoms with Crippen LogP contribution in [-0.4, -0.2) is 4.57 Å². The molecule has 0 bridgehead atoms. The third kappa shape index (κ3) is 3.89. The van der Waals surface area contributed by atoms with Crippen LogP contribution in [-0.2, 0) is 0 Å². The molecule has 0 aliphatic rings. The average molecular weight is 600 g/mol. The zero-order valence-corrected chi connectivity index (χ0v) is 25.7. The summed E-state index contributed by atoms with van der Waals surface area (Å²) in [6.07, 6.45) is 3.80. The number of rotatable bonds is 4. The molecule has 0 radical (unpaired) electrons. The van der Waals surface area contributed by atoms with Crippen LogP contribution in [0.25, 0.3) is 93.7 Å². The van der Waals surface area contributed by atoms with Crippen molar-refractivity contribution in [1.82, 2.24) is 4.57 Å². The Balaban J connectivity index is 1.43. The van der Waals surface area contributed by atoms with Crippen LogP contribution < -0.4 is 5.56 Å². The van der Waals surface area contributed by atoms with Crippen LogP contribution >= 0.6 is 0 Å². The fraction of sp³-hybridized carbons (Fsp3) is 0. The second kappa shape index (κ2) is 10.4. The highest BCUT2D eigenvalue weighted by Gasteiger charge is 2.23. The minimum atomic E-state index is -0.0563. The van der Waals surface area contributed by atoms with Gasteiger partial charge in [-0.1, -0.05) is 141 Å². The molecule has 8 aromatic carbocycles. The van der Waals surface area contributed by atoms with E-state index in [1.807, 2.05) is 65.3 Å². The Bertz CT molecular complexity index is 2850. The third-order valence-corrected chi connectivity index (χ3v) is 9.71. The largest absolute Gasteiger partial charge is 0.275 e. The van der Waals surface area contributed by atoms with E-state index in [2.05, 4.69) is 104 Å². The van der Waals surface area contributed by atoms with E-state index >= 15 is 0 Å². The van der Waals surface area contributed by atoms with Gasteiger partial charge < -0.3 is 0 Å². The lowest BCUT2D eigenvalue weighted by Crippen LogP contribution is -2.21. The number of aromatic nitrogens is 1. The number of nitrogens with zero attached hydrogens (tertiary/aromatic N) is 1. The lowest BCUT2D eigenvalue weighted by Gasteiger charge is -2.23. The maximum Gasteiger partial charge on any atom is 0.263 e. The molecule has 9 rings (SSSR count). The smallest absolute Gasteiger partial charge is 0.263 e. The molecule has 0 amide bonds. The zero-order valence-electron chi connectivity index (χ0n) is 25.7. The van der Waals surface area contributed by atoms with Gasteiger partial charge in [-0.05, 0) is 84.0 Å². The Hall–Kier alpha value is -6.25. The van der Waals surface area contributed by atoms with Gasteiger partial charge in [0.25, 0.3) is 5.56 Å². The van der Waals surface area contributed by atoms with Crippen LogP contribution in [0.4, 0.5) is 0 Å². The average Bonchev–Trinajstić information content (AvgIpc) is 3.13. The first-order chi connectivity index (χ1) is 23.2. The minimum Gasteiger partial charge on any atom is -0.275 e. The van der Waals surface area contributed by atoms with Gasteiger partial charge in [0.1, 0.15) is 0 Å². The van der Waals surface area contributed by atoms with Crippen molar-refractivity contribution in [2.24, 2.45) is 0 Å². The molecule has 2 nitrogen and oxygen atoms in total. The minimum absolute atomic E-state index is 0.0563. The van der Waals surface area contributed by atoms with E-state index in [0.717, 1.165) is 55.0 Å². The zero-order chi connectivity index (χ0) is 31.6. The molecule has 9 aromatic rings. The number of benzene rings is 8. The summed E-state index contributed by atoms with van der Waals surface area (Å²) in [7, 11) is 0. The summed E-state index contributed by atoms with van der Waals surface area (Å²) in [5.74, 6) is 0. The lowest BCUT2D eigenvalue weighted by molar-refractivity contribution is 1.07. The molecule has 220 valence electrons. The number of hydrogen-bond acceptors (Lipinski definition) is 1. The van der Waals surface area contributed by atoms with Crippen LogP contribution in [0.15, 0.2) is 157 Å². The standard InChI is InChI=1S/C45H29NO/c1-3-31-32(4-2)44(46-42-23-12-11-17-36(42)34-16-7-10-20-40(34)45(46)47)39-19-9-8-18-38(39)43(31)37-22-13-21-33-35(37)25-24-30-26-28-14-5-6-15-29(28)27-41(30)33/h3-27H,1-2H2. The molecule has 0 atom stereocenters. The Labute approximate surface area is 271 Å². The molecular weight excluding hydrogens is 571 g/mol. The highest BCUT2D eigenvalue weighted by Crippen LogP contribution is 2.44. The van der Waals surface area contributed by atoms with Crippen molar-refractivity contribution in [3.63, 3.8) is 0 Å². The van der Waals surface area contributed by atoms with E-state index in [-0.39, 0.29) is 5.56 Å². The van der Waals surface area contributed by atoms with Gasteiger partial charge in [-0.15, -0.1) is 0 Å². The second-order valence-corrected chi connectivity index (χ2v) is 12.1. The van der Waals surface area contributed by atoms with Crippen molar-refractivity contribution in [2.75, 3.05) is 0 Å². The van der Waals surface area contributed by atoms with Crippen LogP contribution in [0.1, 0.15) is 11.1 Å². The van der Waals surface area contributed by atoms with E-state index in [1.165, 1.54) is 32.3 Å². The number of fused-ring (bicyclic) bond motifs is 8. The highest BCUT2D eigenvalue weighted by atomic mass is 16.1. The second-order valence-electron chi connectivity index (χ2n) is 12.1. The lowest BCUT2D eigenvalue weighted by atomic mass is 9.85. The van der Waals surface area contributed by atoms with Gasteiger partial charge >= 0.3 is 0 Å². The molecule has 1 heterocycles. The summed E-state index contributed by atoms with van der Waals surface area (Å²) in [4.78, 5) is 14.5. The van der Waals surface area contributed by atoms with Gasteiger partial charge in [0.15, 0.2) is 0 Å². The van der Waals surface area contributed by atoms with Gasteiger partial charge in [-0.2, -0.15) is 0 Å². The third-order valence-electron chi connectivity index (χ3n) is 9.71. The first-order valence-electron chi connectivity index (χ1n) is 15.9. The molecule has 0 aliphatic heterocycles. The Morgan fingerprint density at radius 1 is 0.447 bits per heavy atom. The van der Waals surface area contributed by atoms with Crippen molar-refractivity contribution in [3.8, 4) is 16.8 Å². The van der Waals surface area contributed by atoms with Gasteiger partial charge in [-0.25, -0.2) is 0 Å². The van der Waals surface area contributed by atoms with E-state index in [9.17, 15) is 4.79 Å².